The standard InChI is InChI=1S/C52H88N2O12/c1-7-37-11-19-41(20-12-37)47(57)63-33-51(5,34-64-48(58)42-21-13-38(8-2)14-22-42)31-61-45(55)27-29-54(53)30-28-46(56)62-32-52(6,35-65-49(59)43-23-15-39(9-3)16-24-43)36-66-50(60)44-25-17-40(10-4)18-26-44/h37-44H,7-36,53H2,1-6H3. The fraction of sp³-hybridized carbons (Fsp3) is 0.885. The molecule has 4 saturated carbocycles. The smallest absolute Gasteiger partial charge is 0.308 e. The fourth-order valence-corrected chi connectivity index (χ4v) is 10.2. The van der Waals surface area contributed by atoms with Gasteiger partial charge in [0, 0.05) is 13.1 Å². The average Bonchev–Trinajstić information content (AvgIpc) is 3.35. The molecular formula is C52H88N2O12. The summed E-state index contributed by atoms with van der Waals surface area (Å²) in [7, 11) is 0. The largest absolute Gasteiger partial charge is 0.465 e. The number of carbonyl (C=O) groups is 6. The molecule has 2 N–H and O–H groups in total. The summed E-state index contributed by atoms with van der Waals surface area (Å²) in [4.78, 5) is 78.6. The number of hydrazine groups is 1. The van der Waals surface area contributed by atoms with Gasteiger partial charge >= 0.3 is 35.8 Å². The Morgan fingerprint density at radius 3 is 0.818 bits per heavy atom. The van der Waals surface area contributed by atoms with Crippen LogP contribution in [0.4, 0.5) is 0 Å². The molecule has 66 heavy (non-hydrogen) atoms. The number of hydrogen-bond donors (Lipinski definition) is 1. The molecule has 0 bridgehead atoms. The van der Waals surface area contributed by atoms with E-state index in [1.807, 2.05) is 0 Å². The topological polar surface area (TPSA) is 187 Å². The van der Waals surface area contributed by atoms with E-state index in [2.05, 4.69) is 27.7 Å². The molecule has 0 heterocycles. The quantitative estimate of drug-likeness (QED) is 0.0374. The van der Waals surface area contributed by atoms with Gasteiger partial charge in [0.25, 0.3) is 0 Å². The first-order chi connectivity index (χ1) is 31.6. The first-order valence-corrected chi connectivity index (χ1v) is 26.0. The van der Waals surface area contributed by atoms with Crippen LogP contribution >= 0.6 is 0 Å². The van der Waals surface area contributed by atoms with E-state index >= 15 is 0 Å². The molecule has 4 rings (SSSR count). The van der Waals surface area contributed by atoms with Crippen molar-refractivity contribution in [2.24, 2.45) is 64.0 Å². The average molecular weight is 933 g/mol. The molecular weight excluding hydrogens is 845 g/mol. The fourth-order valence-electron chi connectivity index (χ4n) is 10.2. The van der Waals surface area contributed by atoms with Gasteiger partial charge in [-0.1, -0.05) is 53.4 Å². The van der Waals surface area contributed by atoms with E-state index in [-0.39, 0.29) is 113 Å². The van der Waals surface area contributed by atoms with Crippen molar-refractivity contribution in [3.8, 4) is 0 Å². The molecule has 0 aromatic carbocycles. The molecule has 0 unspecified atom stereocenters. The van der Waals surface area contributed by atoms with Crippen molar-refractivity contribution >= 4 is 35.8 Å². The lowest BCUT2D eigenvalue weighted by atomic mass is 9.81. The van der Waals surface area contributed by atoms with Crippen LogP contribution in [-0.2, 0) is 57.2 Å². The Morgan fingerprint density at radius 2 is 0.606 bits per heavy atom. The second kappa shape index (κ2) is 28.3. The van der Waals surface area contributed by atoms with E-state index in [9.17, 15) is 28.8 Å². The van der Waals surface area contributed by atoms with Crippen molar-refractivity contribution in [1.82, 2.24) is 5.01 Å². The van der Waals surface area contributed by atoms with E-state index in [1.165, 1.54) is 5.01 Å². The molecule has 0 saturated heterocycles. The van der Waals surface area contributed by atoms with Crippen LogP contribution in [0.1, 0.15) is 183 Å². The summed E-state index contributed by atoms with van der Waals surface area (Å²) in [6.45, 7) is 12.0. The summed E-state index contributed by atoms with van der Waals surface area (Å²) < 4.78 is 34.6. The van der Waals surface area contributed by atoms with E-state index in [0.717, 1.165) is 128 Å². The number of ether oxygens (including phenoxy) is 6. The van der Waals surface area contributed by atoms with Crippen molar-refractivity contribution in [2.45, 2.75) is 183 Å². The molecule has 0 aromatic rings. The summed E-state index contributed by atoms with van der Waals surface area (Å²) in [5.74, 6) is 5.96. The summed E-state index contributed by atoms with van der Waals surface area (Å²) in [5, 5.41) is 1.34. The van der Waals surface area contributed by atoms with Crippen molar-refractivity contribution in [3.05, 3.63) is 0 Å². The third kappa shape index (κ3) is 19.0. The zero-order chi connectivity index (χ0) is 48.1. The number of nitrogens with zero attached hydrogens (tertiary/aromatic N) is 1. The van der Waals surface area contributed by atoms with Crippen LogP contribution < -0.4 is 5.84 Å². The minimum absolute atomic E-state index is 0.0579. The lowest BCUT2D eigenvalue weighted by molar-refractivity contribution is -0.167. The second-order valence-corrected chi connectivity index (χ2v) is 21.4. The Morgan fingerprint density at radius 1 is 0.394 bits per heavy atom. The predicted octanol–water partition coefficient (Wildman–Crippen LogP) is 9.08. The van der Waals surface area contributed by atoms with Crippen molar-refractivity contribution in [2.75, 3.05) is 52.7 Å². The first kappa shape index (κ1) is 55.3. The monoisotopic (exact) mass is 933 g/mol. The number of nitrogens with two attached hydrogens (primary N) is 1. The number of hydrogen-bond acceptors (Lipinski definition) is 14. The lowest BCUT2D eigenvalue weighted by Gasteiger charge is -2.32. The van der Waals surface area contributed by atoms with Crippen LogP contribution in [-0.4, -0.2) is 93.6 Å². The Balaban J connectivity index is 1.23. The van der Waals surface area contributed by atoms with E-state index in [4.69, 9.17) is 34.3 Å². The van der Waals surface area contributed by atoms with Crippen LogP contribution in [0.2, 0.25) is 0 Å². The van der Waals surface area contributed by atoms with Gasteiger partial charge in [-0.25, -0.2) is 5.01 Å². The third-order valence-electron chi connectivity index (χ3n) is 15.7. The van der Waals surface area contributed by atoms with Gasteiger partial charge in [0.2, 0.25) is 0 Å². The maximum absolute atomic E-state index is 13.1. The molecule has 0 radical (unpaired) electrons. The second-order valence-electron chi connectivity index (χ2n) is 21.4. The predicted molar refractivity (Wildman–Crippen MR) is 250 cm³/mol. The van der Waals surface area contributed by atoms with Gasteiger partial charge in [-0.2, -0.15) is 0 Å². The van der Waals surface area contributed by atoms with Gasteiger partial charge in [0.1, 0.15) is 39.6 Å². The first-order valence-electron chi connectivity index (χ1n) is 26.0. The summed E-state index contributed by atoms with van der Waals surface area (Å²) in [5.41, 5.74) is -1.91. The highest BCUT2D eigenvalue weighted by Crippen LogP contribution is 2.36. The highest BCUT2D eigenvalue weighted by molar-refractivity contribution is 5.74. The van der Waals surface area contributed by atoms with Crippen molar-refractivity contribution < 1.29 is 57.2 Å². The van der Waals surface area contributed by atoms with Crippen molar-refractivity contribution in [1.29, 1.82) is 0 Å². The van der Waals surface area contributed by atoms with E-state index < -0.39 is 22.8 Å². The maximum atomic E-state index is 13.1. The molecule has 4 fully saturated rings. The molecule has 0 aliphatic heterocycles. The molecule has 0 spiro atoms. The highest BCUT2D eigenvalue weighted by Gasteiger charge is 2.37. The van der Waals surface area contributed by atoms with Gasteiger partial charge in [-0.3, -0.25) is 34.6 Å². The zero-order valence-electron chi connectivity index (χ0n) is 41.8. The maximum Gasteiger partial charge on any atom is 0.308 e. The Bertz CT molecular complexity index is 1320. The van der Waals surface area contributed by atoms with Gasteiger partial charge in [-0.15, -0.1) is 0 Å². The molecule has 0 atom stereocenters. The van der Waals surface area contributed by atoms with Crippen LogP contribution in [0.15, 0.2) is 0 Å². The number of carbonyl (C=O) groups excluding carboxylic acids is 6. The van der Waals surface area contributed by atoms with E-state index in [0.29, 0.717) is 23.7 Å². The molecule has 0 amide bonds. The van der Waals surface area contributed by atoms with Crippen LogP contribution in [0.3, 0.4) is 0 Å². The van der Waals surface area contributed by atoms with Crippen LogP contribution in [0, 0.1) is 58.2 Å². The number of rotatable bonds is 26. The van der Waals surface area contributed by atoms with Gasteiger partial charge in [0.15, 0.2) is 0 Å². The third-order valence-corrected chi connectivity index (χ3v) is 15.7. The zero-order valence-corrected chi connectivity index (χ0v) is 41.8. The minimum atomic E-state index is -0.956. The summed E-state index contributed by atoms with van der Waals surface area (Å²) in [6, 6.07) is 0. The highest BCUT2D eigenvalue weighted by atomic mass is 16.6. The Kier molecular flexibility index (Phi) is 23.7. The molecule has 4 aliphatic rings. The number of esters is 6. The molecule has 14 heteroatoms. The minimum Gasteiger partial charge on any atom is -0.465 e. The Labute approximate surface area is 396 Å². The van der Waals surface area contributed by atoms with Gasteiger partial charge < -0.3 is 28.4 Å². The van der Waals surface area contributed by atoms with Crippen molar-refractivity contribution in [3.63, 3.8) is 0 Å². The summed E-state index contributed by atoms with van der Waals surface area (Å²) in [6.07, 6.45) is 18.6. The van der Waals surface area contributed by atoms with Crippen LogP contribution in [0.5, 0.6) is 0 Å². The molecule has 4 aliphatic carbocycles. The molecule has 0 aromatic heterocycles. The lowest BCUT2D eigenvalue weighted by Crippen LogP contribution is -2.40. The van der Waals surface area contributed by atoms with Gasteiger partial charge in [-0.05, 0) is 140 Å². The molecule has 14 nitrogen and oxygen atoms in total. The van der Waals surface area contributed by atoms with E-state index in [1.54, 1.807) is 13.8 Å². The Hall–Kier alpha value is -3.26. The molecule has 378 valence electrons. The summed E-state index contributed by atoms with van der Waals surface area (Å²) >= 11 is 0. The van der Waals surface area contributed by atoms with Gasteiger partial charge in [0.05, 0.1) is 47.3 Å². The van der Waals surface area contributed by atoms with Crippen LogP contribution in [0.25, 0.3) is 0 Å². The SMILES string of the molecule is CCC1CCC(C(=O)OCC(C)(COC(=O)CCN(N)CCC(=O)OCC(C)(COC(=O)C2CCC(CC)CC2)COC(=O)C2CCC(CC)CC2)COC(=O)C2CCC(CC)CC2)CC1. The normalized spacial score (nSPS) is 27.6.